The van der Waals surface area contributed by atoms with Crippen LogP contribution >= 0.6 is 0 Å². The summed E-state index contributed by atoms with van der Waals surface area (Å²) in [6, 6.07) is 9.29. The summed E-state index contributed by atoms with van der Waals surface area (Å²) in [5, 5.41) is 4.46. The molecule has 2 rings (SSSR count). The molecule has 1 aromatic heterocycles. The van der Waals surface area contributed by atoms with Crippen LogP contribution < -0.4 is 16.0 Å². The molecule has 0 aliphatic carbocycles. The molecule has 0 saturated carbocycles. The Morgan fingerprint density at radius 2 is 2.05 bits per heavy atom. The largest absolute Gasteiger partial charge is 0.493 e. The van der Waals surface area contributed by atoms with Gasteiger partial charge in [-0.15, -0.1) is 0 Å². The van der Waals surface area contributed by atoms with Crippen molar-refractivity contribution in [1.29, 1.82) is 0 Å². The number of para-hydroxylation sites is 1. The molecule has 118 valence electrons. The van der Waals surface area contributed by atoms with Crippen molar-refractivity contribution in [2.75, 3.05) is 12.3 Å². The van der Waals surface area contributed by atoms with Gasteiger partial charge in [-0.25, -0.2) is 4.68 Å². The fraction of sp³-hybridized carbons (Fsp3) is 0.412. The molecule has 0 fully saturated rings. The van der Waals surface area contributed by atoms with E-state index in [2.05, 4.69) is 12.0 Å². The number of hydrogen-bond acceptors (Lipinski definition) is 4. The van der Waals surface area contributed by atoms with Crippen molar-refractivity contribution in [3.8, 4) is 17.0 Å². The maximum Gasteiger partial charge on any atom is 0.289 e. The van der Waals surface area contributed by atoms with Gasteiger partial charge in [0, 0.05) is 12.1 Å². The first-order valence-corrected chi connectivity index (χ1v) is 7.62. The number of aromatic nitrogens is 2. The van der Waals surface area contributed by atoms with E-state index in [0.717, 1.165) is 17.7 Å². The summed E-state index contributed by atoms with van der Waals surface area (Å²) < 4.78 is 7.20. The normalized spacial score (nSPS) is 10.9. The maximum absolute atomic E-state index is 12.1. The van der Waals surface area contributed by atoms with E-state index in [0.29, 0.717) is 24.8 Å². The van der Waals surface area contributed by atoms with Gasteiger partial charge in [-0.1, -0.05) is 32.9 Å². The summed E-state index contributed by atoms with van der Waals surface area (Å²) in [6.45, 7) is 7.30. The second-order valence-electron chi connectivity index (χ2n) is 5.71. The molecular weight excluding hydrogens is 278 g/mol. The molecule has 0 amide bonds. The fourth-order valence-electron chi connectivity index (χ4n) is 2.18. The van der Waals surface area contributed by atoms with Crippen LogP contribution in [0.1, 0.15) is 27.2 Å². The summed E-state index contributed by atoms with van der Waals surface area (Å²) in [7, 11) is 0. The fourth-order valence-corrected chi connectivity index (χ4v) is 2.18. The topological polar surface area (TPSA) is 70.1 Å². The highest BCUT2D eigenvalue weighted by Gasteiger charge is 2.12. The lowest BCUT2D eigenvalue weighted by Crippen LogP contribution is -2.27. The zero-order valence-corrected chi connectivity index (χ0v) is 13.4. The second kappa shape index (κ2) is 7.11. The molecule has 2 aromatic rings. The summed E-state index contributed by atoms with van der Waals surface area (Å²) in [6.07, 6.45) is 0.927. The zero-order valence-electron chi connectivity index (χ0n) is 13.4. The molecule has 0 radical (unpaired) electrons. The van der Waals surface area contributed by atoms with Crippen molar-refractivity contribution < 1.29 is 4.74 Å². The Hall–Kier alpha value is -2.30. The van der Waals surface area contributed by atoms with Gasteiger partial charge in [-0.05, 0) is 30.5 Å². The van der Waals surface area contributed by atoms with Crippen molar-refractivity contribution in [3.63, 3.8) is 0 Å². The van der Waals surface area contributed by atoms with Crippen molar-refractivity contribution in [1.82, 2.24) is 9.78 Å². The van der Waals surface area contributed by atoms with Crippen LogP contribution in [0.15, 0.2) is 35.1 Å². The van der Waals surface area contributed by atoms with E-state index in [9.17, 15) is 4.79 Å². The van der Waals surface area contributed by atoms with Gasteiger partial charge in [0.2, 0.25) is 0 Å². The molecule has 0 aliphatic heterocycles. The molecular formula is C17H23N3O2. The molecule has 0 bridgehead atoms. The van der Waals surface area contributed by atoms with Gasteiger partial charge in [-0.3, -0.25) is 4.79 Å². The van der Waals surface area contributed by atoms with Crippen LogP contribution in [0.3, 0.4) is 0 Å². The van der Waals surface area contributed by atoms with Gasteiger partial charge in [0.1, 0.15) is 11.4 Å². The predicted octanol–water partition coefficient (Wildman–Crippen LogP) is 2.94. The van der Waals surface area contributed by atoms with Crippen molar-refractivity contribution in [3.05, 3.63) is 40.7 Å². The lowest BCUT2D eigenvalue weighted by atomic mass is 10.1. The lowest BCUT2D eigenvalue weighted by Gasteiger charge is -2.13. The van der Waals surface area contributed by atoms with E-state index >= 15 is 0 Å². The third kappa shape index (κ3) is 3.67. The summed E-state index contributed by atoms with van der Waals surface area (Å²) in [5.41, 5.74) is 7.33. The Morgan fingerprint density at radius 1 is 1.32 bits per heavy atom. The predicted molar refractivity (Wildman–Crippen MR) is 89.0 cm³/mol. The third-order valence-corrected chi connectivity index (χ3v) is 3.16. The molecule has 1 heterocycles. The van der Waals surface area contributed by atoms with Crippen molar-refractivity contribution >= 4 is 5.69 Å². The lowest BCUT2D eigenvalue weighted by molar-refractivity contribution is 0.318. The number of hydrogen-bond donors (Lipinski definition) is 1. The number of nitrogens with two attached hydrogens (primary N) is 1. The second-order valence-corrected chi connectivity index (χ2v) is 5.71. The number of ether oxygens (including phenoxy) is 1. The molecule has 2 N–H and O–H groups in total. The average molecular weight is 301 g/mol. The molecule has 1 aromatic carbocycles. The maximum atomic E-state index is 12.1. The van der Waals surface area contributed by atoms with Gasteiger partial charge in [0.25, 0.3) is 5.56 Å². The monoisotopic (exact) mass is 301 g/mol. The molecule has 0 spiro atoms. The Labute approximate surface area is 130 Å². The quantitative estimate of drug-likeness (QED) is 0.890. The Kier molecular flexibility index (Phi) is 5.20. The van der Waals surface area contributed by atoms with Crippen LogP contribution in [0.4, 0.5) is 5.69 Å². The first-order valence-electron chi connectivity index (χ1n) is 7.62. The third-order valence-electron chi connectivity index (χ3n) is 3.16. The van der Waals surface area contributed by atoms with Gasteiger partial charge in [0.15, 0.2) is 0 Å². The smallest absolute Gasteiger partial charge is 0.289 e. The minimum atomic E-state index is -0.246. The highest BCUT2D eigenvalue weighted by Crippen LogP contribution is 2.28. The van der Waals surface area contributed by atoms with Gasteiger partial charge in [-0.2, -0.15) is 5.10 Å². The summed E-state index contributed by atoms with van der Waals surface area (Å²) in [4.78, 5) is 12.1. The average Bonchev–Trinajstić information content (AvgIpc) is 2.49. The van der Waals surface area contributed by atoms with E-state index in [4.69, 9.17) is 10.5 Å². The number of anilines is 1. The van der Waals surface area contributed by atoms with E-state index in [-0.39, 0.29) is 11.2 Å². The van der Waals surface area contributed by atoms with Crippen LogP contribution in [0.2, 0.25) is 0 Å². The first-order chi connectivity index (χ1) is 10.5. The summed E-state index contributed by atoms with van der Waals surface area (Å²) >= 11 is 0. The van der Waals surface area contributed by atoms with E-state index < -0.39 is 0 Å². The first kappa shape index (κ1) is 16.1. The van der Waals surface area contributed by atoms with E-state index in [1.807, 2.05) is 38.1 Å². The number of nitrogen functional groups attached to an aromatic ring is 1. The number of rotatable bonds is 6. The van der Waals surface area contributed by atoms with Crippen molar-refractivity contribution in [2.24, 2.45) is 5.92 Å². The van der Waals surface area contributed by atoms with Gasteiger partial charge < -0.3 is 10.5 Å². The molecule has 0 unspecified atom stereocenters. The Balaban J connectivity index is 2.49. The zero-order chi connectivity index (χ0) is 16.1. The minimum Gasteiger partial charge on any atom is -0.493 e. The minimum absolute atomic E-state index is 0.205. The Bertz CT molecular complexity index is 693. The summed E-state index contributed by atoms with van der Waals surface area (Å²) in [5.74, 6) is 1.07. The van der Waals surface area contributed by atoms with Crippen LogP contribution in [-0.4, -0.2) is 16.4 Å². The SMILES string of the molecule is CCCOc1ccccc1-c1cc(N)c(=O)n(CC(C)C)n1. The standard InChI is InChI=1S/C17H23N3O2/c1-4-9-22-16-8-6-5-7-13(16)15-10-14(18)17(21)20(19-15)11-12(2)3/h5-8,10,12H,4,9,11,18H2,1-3H3. The van der Waals surface area contributed by atoms with Crippen molar-refractivity contribution in [2.45, 2.75) is 33.7 Å². The molecule has 0 saturated heterocycles. The van der Waals surface area contributed by atoms with E-state index in [1.54, 1.807) is 6.07 Å². The number of nitrogens with zero attached hydrogens (tertiary/aromatic N) is 2. The molecule has 0 aliphatic rings. The highest BCUT2D eigenvalue weighted by atomic mass is 16.5. The van der Waals surface area contributed by atoms with E-state index in [1.165, 1.54) is 4.68 Å². The Morgan fingerprint density at radius 3 is 2.73 bits per heavy atom. The highest BCUT2D eigenvalue weighted by molar-refractivity contribution is 5.68. The molecule has 0 atom stereocenters. The molecule has 5 heteroatoms. The van der Waals surface area contributed by atoms with Crippen LogP contribution in [0, 0.1) is 5.92 Å². The van der Waals surface area contributed by atoms with Crippen LogP contribution in [-0.2, 0) is 6.54 Å². The van der Waals surface area contributed by atoms with Gasteiger partial charge >= 0.3 is 0 Å². The molecule has 5 nitrogen and oxygen atoms in total. The van der Waals surface area contributed by atoms with Crippen LogP contribution in [0.25, 0.3) is 11.3 Å². The van der Waals surface area contributed by atoms with Crippen LogP contribution in [0.5, 0.6) is 5.75 Å². The van der Waals surface area contributed by atoms with Gasteiger partial charge in [0.05, 0.1) is 12.3 Å². The molecule has 22 heavy (non-hydrogen) atoms. The number of benzene rings is 1.